The van der Waals surface area contributed by atoms with Crippen LogP contribution in [0.5, 0.6) is 0 Å². The largest absolute Gasteiger partial charge is 0.380 e. The number of rotatable bonds is 1. The summed E-state index contributed by atoms with van der Waals surface area (Å²) in [4.78, 5) is 0. The van der Waals surface area contributed by atoms with Crippen molar-refractivity contribution in [2.45, 2.75) is 66.7 Å². The van der Waals surface area contributed by atoms with E-state index in [1.54, 1.807) is 0 Å². The second-order valence-corrected chi connectivity index (χ2v) is 4.34. The van der Waals surface area contributed by atoms with Crippen molar-refractivity contribution in [3.8, 4) is 0 Å². The van der Waals surface area contributed by atoms with Gasteiger partial charge in [-0.2, -0.15) is 0 Å². The van der Waals surface area contributed by atoms with Gasteiger partial charge in [0.05, 0.1) is 13.2 Å². The van der Waals surface area contributed by atoms with Crippen LogP contribution in [-0.2, 0) is 4.74 Å². The Morgan fingerprint density at radius 1 is 1.00 bits per heavy atom. The van der Waals surface area contributed by atoms with Crippen molar-refractivity contribution in [1.29, 1.82) is 0 Å². The Kier molecular flexibility index (Phi) is 8.13. The van der Waals surface area contributed by atoms with Gasteiger partial charge in [0.25, 0.3) is 0 Å². The smallest absolute Gasteiger partial charge is 0.0544 e. The Morgan fingerprint density at radius 3 is 1.73 bits per heavy atom. The van der Waals surface area contributed by atoms with Crippen LogP contribution < -0.4 is 0 Å². The monoisotopic (exact) mass is 214 g/mol. The second-order valence-electron chi connectivity index (χ2n) is 4.34. The highest BCUT2D eigenvalue weighted by Gasteiger charge is 2.40. The quantitative estimate of drug-likeness (QED) is 0.617. The van der Waals surface area contributed by atoms with Crippen LogP contribution in [0.2, 0.25) is 0 Å². The lowest BCUT2D eigenvalue weighted by Gasteiger charge is -2.46. The Labute approximate surface area is 96.6 Å². The highest BCUT2D eigenvalue weighted by molar-refractivity contribution is 4.89. The predicted molar refractivity (Wildman–Crippen MR) is 68.2 cm³/mol. The fourth-order valence-corrected chi connectivity index (χ4v) is 2.38. The Hall–Kier alpha value is -0.0400. The van der Waals surface area contributed by atoms with Crippen LogP contribution in [0.3, 0.4) is 0 Å². The molecule has 1 aliphatic carbocycles. The lowest BCUT2D eigenvalue weighted by Crippen LogP contribution is -2.45. The minimum atomic E-state index is 0.658. The Bertz CT molecular complexity index is 128. The number of ether oxygens (including phenoxy) is 1. The summed E-state index contributed by atoms with van der Waals surface area (Å²) in [6.45, 7) is 12.4. The van der Waals surface area contributed by atoms with Crippen LogP contribution in [-0.4, -0.2) is 13.2 Å². The zero-order valence-electron chi connectivity index (χ0n) is 11.4. The van der Waals surface area contributed by atoms with E-state index in [2.05, 4.69) is 6.92 Å². The molecule has 0 N–H and O–H groups in total. The summed E-state index contributed by atoms with van der Waals surface area (Å²) in [5, 5.41) is 0. The van der Waals surface area contributed by atoms with E-state index in [1.807, 2.05) is 27.7 Å². The van der Waals surface area contributed by atoms with E-state index in [4.69, 9.17) is 4.74 Å². The molecule has 0 atom stereocenters. The van der Waals surface area contributed by atoms with Crippen LogP contribution in [0.25, 0.3) is 0 Å². The molecule has 1 heterocycles. The average molecular weight is 214 g/mol. The molecule has 15 heavy (non-hydrogen) atoms. The molecule has 0 radical (unpaired) electrons. The van der Waals surface area contributed by atoms with Gasteiger partial charge >= 0.3 is 0 Å². The topological polar surface area (TPSA) is 9.23 Å². The fourth-order valence-electron chi connectivity index (χ4n) is 2.38. The van der Waals surface area contributed by atoms with E-state index >= 15 is 0 Å². The van der Waals surface area contributed by atoms with Crippen molar-refractivity contribution in [1.82, 2.24) is 0 Å². The molecule has 0 aromatic heterocycles. The lowest BCUT2D eigenvalue weighted by molar-refractivity contribution is -0.136. The third kappa shape index (κ3) is 4.14. The van der Waals surface area contributed by atoms with E-state index < -0.39 is 0 Å². The molecule has 1 saturated heterocycles. The zero-order valence-corrected chi connectivity index (χ0v) is 11.4. The van der Waals surface area contributed by atoms with E-state index in [9.17, 15) is 0 Å². The molecule has 2 aliphatic rings. The molecule has 2 rings (SSSR count). The minimum absolute atomic E-state index is 0.658. The van der Waals surface area contributed by atoms with Gasteiger partial charge in [0.2, 0.25) is 0 Å². The molecule has 0 unspecified atom stereocenters. The molecule has 92 valence electrons. The highest BCUT2D eigenvalue weighted by atomic mass is 16.5. The predicted octanol–water partition coefficient (Wildman–Crippen LogP) is 4.66. The first-order chi connectivity index (χ1) is 7.35. The SMILES string of the molecule is CC.CC.CCC1CCC2(CC1)COC2. The van der Waals surface area contributed by atoms with Gasteiger partial charge in [0.15, 0.2) is 0 Å². The molecule has 1 heteroatoms. The molecule has 0 aromatic rings. The van der Waals surface area contributed by atoms with E-state index in [0.29, 0.717) is 5.41 Å². The van der Waals surface area contributed by atoms with Gasteiger partial charge in [0.1, 0.15) is 0 Å². The van der Waals surface area contributed by atoms with Gasteiger partial charge in [-0.1, -0.05) is 41.0 Å². The maximum absolute atomic E-state index is 5.28. The lowest BCUT2D eigenvalue weighted by atomic mass is 9.69. The van der Waals surface area contributed by atoms with E-state index in [-0.39, 0.29) is 0 Å². The van der Waals surface area contributed by atoms with E-state index in [1.165, 1.54) is 32.1 Å². The molecule has 2 fully saturated rings. The molecule has 1 spiro atoms. The zero-order chi connectivity index (χ0) is 11.7. The molecule has 1 aliphatic heterocycles. The van der Waals surface area contributed by atoms with Gasteiger partial charge in [-0.3, -0.25) is 0 Å². The third-order valence-electron chi connectivity index (χ3n) is 3.56. The fraction of sp³-hybridized carbons (Fsp3) is 1.00. The van der Waals surface area contributed by atoms with Crippen molar-refractivity contribution in [2.75, 3.05) is 13.2 Å². The Balaban J connectivity index is 0.000000442. The summed E-state index contributed by atoms with van der Waals surface area (Å²) in [5.74, 6) is 1.03. The van der Waals surface area contributed by atoms with Crippen LogP contribution in [0.4, 0.5) is 0 Å². The molecule has 0 bridgehead atoms. The van der Waals surface area contributed by atoms with Crippen LogP contribution in [0, 0.1) is 11.3 Å². The first-order valence-electron chi connectivity index (χ1n) is 6.92. The standard InChI is InChI=1S/C10H18O.2C2H6/c1-2-9-3-5-10(6-4-9)7-11-8-10;2*1-2/h9H,2-8H2,1H3;2*1-2H3. The number of hydrogen-bond acceptors (Lipinski definition) is 1. The molecule has 1 nitrogen and oxygen atoms in total. The van der Waals surface area contributed by atoms with Gasteiger partial charge in [0, 0.05) is 5.41 Å². The summed E-state index contributed by atoms with van der Waals surface area (Å²) in [7, 11) is 0. The van der Waals surface area contributed by atoms with Crippen molar-refractivity contribution in [3.05, 3.63) is 0 Å². The third-order valence-corrected chi connectivity index (χ3v) is 3.56. The maximum Gasteiger partial charge on any atom is 0.0544 e. The normalized spacial score (nSPS) is 23.0. The summed E-state index contributed by atoms with van der Waals surface area (Å²) >= 11 is 0. The van der Waals surface area contributed by atoms with Crippen LogP contribution in [0.1, 0.15) is 66.7 Å². The van der Waals surface area contributed by atoms with Crippen LogP contribution >= 0.6 is 0 Å². The summed E-state index contributed by atoms with van der Waals surface area (Å²) in [5.41, 5.74) is 0.658. The summed E-state index contributed by atoms with van der Waals surface area (Å²) in [6.07, 6.45) is 7.17. The van der Waals surface area contributed by atoms with Crippen molar-refractivity contribution in [2.24, 2.45) is 11.3 Å². The van der Waals surface area contributed by atoms with Crippen molar-refractivity contribution < 1.29 is 4.74 Å². The summed E-state index contributed by atoms with van der Waals surface area (Å²) in [6, 6.07) is 0. The minimum Gasteiger partial charge on any atom is -0.380 e. The Morgan fingerprint density at radius 2 is 1.47 bits per heavy atom. The van der Waals surface area contributed by atoms with Crippen molar-refractivity contribution in [3.63, 3.8) is 0 Å². The number of hydrogen-bond donors (Lipinski definition) is 0. The van der Waals surface area contributed by atoms with Gasteiger partial charge in [-0.05, 0) is 31.6 Å². The van der Waals surface area contributed by atoms with E-state index in [0.717, 1.165) is 19.1 Å². The molecular weight excluding hydrogens is 184 g/mol. The van der Waals surface area contributed by atoms with Gasteiger partial charge in [-0.15, -0.1) is 0 Å². The van der Waals surface area contributed by atoms with Gasteiger partial charge in [-0.25, -0.2) is 0 Å². The average Bonchev–Trinajstić information content (AvgIpc) is 2.32. The molecular formula is C14H30O. The summed E-state index contributed by atoms with van der Waals surface area (Å²) < 4.78 is 5.28. The molecule has 0 aromatic carbocycles. The first kappa shape index (κ1) is 15.0. The first-order valence-corrected chi connectivity index (χ1v) is 6.92. The van der Waals surface area contributed by atoms with Gasteiger partial charge < -0.3 is 4.74 Å². The molecule has 0 amide bonds. The van der Waals surface area contributed by atoms with Crippen LogP contribution in [0.15, 0.2) is 0 Å². The highest BCUT2D eigenvalue weighted by Crippen LogP contribution is 2.44. The second kappa shape index (κ2) is 8.15. The van der Waals surface area contributed by atoms with Crippen molar-refractivity contribution >= 4 is 0 Å². The molecule has 1 saturated carbocycles. The maximum atomic E-state index is 5.28.